The minimum absolute atomic E-state index is 1.20. The first-order valence-corrected chi connectivity index (χ1v) is 9.42. The molecule has 0 spiro atoms. The van der Waals surface area contributed by atoms with Gasteiger partial charge in [0.25, 0.3) is 0 Å². The number of allylic oxidation sites excluding steroid dienone is 5. The number of hydrogen-bond acceptors (Lipinski definition) is 0. The summed E-state index contributed by atoms with van der Waals surface area (Å²) in [6.45, 7) is 6.39. The monoisotopic (exact) mass is 350 g/mol. The smallest absolute Gasteiger partial charge is 0.0146 e. The predicted octanol–water partition coefficient (Wildman–Crippen LogP) is 7.64. The molecule has 0 nitrogen and oxygen atoms in total. The van der Waals surface area contributed by atoms with E-state index in [1.54, 1.807) is 0 Å². The largest absolute Gasteiger partial charge is 0.0876 e. The van der Waals surface area contributed by atoms with E-state index in [0.29, 0.717) is 0 Å². The average molecular weight is 351 g/mol. The van der Waals surface area contributed by atoms with Crippen molar-refractivity contribution in [2.24, 2.45) is 0 Å². The summed E-state index contributed by atoms with van der Waals surface area (Å²) in [7, 11) is 0. The van der Waals surface area contributed by atoms with Crippen molar-refractivity contribution < 1.29 is 0 Å². The molecule has 0 saturated heterocycles. The zero-order valence-corrected chi connectivity index (χ0v) is 16.3. The van der Waals surface area contributed by atoms with Crippen molar-refractivity contribution in [3.05, 3.63) is 119 Å². The molecular weight excluding hydrogens is 324 g/mol. The van der Waals surface area contributed by atoms with Crippen LogP contribution < -0.4 is 0 Å². The first-order valence-electron chi connectivity index (χ1n) is 9.42. The number of rotatable bonds is 5. The lowest BCUT2D eigenvalue weighted by Crippen LogP contribution is -1.88. The highest BCUT2D eigenvalue weighted by molar-refractivity contribution is 5.81. The Kier molecular flexibility index (Phi) is 6.22. The molecule has 0 fully saturated rings. The van der Waals surface area contributed by atoms with Crippen LogP contribution in [0.25, 0.3) is 22.8 Å². The lowest BCUT2D eigenvalue weighted by molar-refractivity contribution is 1.40. The Balaban J connectivity index is 1.97. The summed E-state index contributed by atoms with van der Waals surface area (Å²) < 4.78 is 0. The molecule has 3 aromatic carbocycles. The third kappa shape index (κ3) is 4.74. The van der Waals surface area contributed by atoms with Crippen LogP contribution >= 0.6 is 0 Å². The van der Waals surface area contributed by atoms with Crippen LogP contribution in [0.5, 0.6) is 0 Å². The van der Waals surface area contributed by atoms with Gasteiger partial charge >= 0.3 is 0 Å². The van der Waals surface area contributed by atoms with Gasteiger partial charge in [-0.05, 0) is 65.8 Å². The summed E-state index contributed by atoms with van der Waals surface area (Å²) >= 11 is 0. The maximum Gasteiger partial charge on any atom is -0.0146 e. The normalized spacial score (nSPS) is 12.2. The minimum atomic E-state index is 1.20. The molecule has 0 aromatic heterocycles. The summed E-state index contributed by atoms with van der Waals surface area (Å²) in [5.74, 6) is 0. The molecule has 0 atom stereocenters. The molecule has 3 rings (SSSR count). The number of aryl methyl sites for hydroxylation is 2. The number of hydrogen-bond donors (Lipinski definition) is 0. The van der Waals surface area contributed by atoms with E-state index in [0.717, 1.165) is 0 Å². The second kappa shape index (κ2) is 9.00. The molecule has 0 aliphatic heterocycles. The van der Waals surface area contributed by atoms with Crippen molar-refractivity contribution >= 4 is 11.6 Å². The second-order valence-electron chi connectivity index (χ2n) is 6.74. The van der Waals surface area contributed by atoms with Crippen LogP contribution in [0.4, 0.5) is 0 Å². The SMILES string of the molecule is C/C=C/C=C(\C=C/c1ccc(C)c(-c2ccccc2C)c1)c1ccccc1. The van der Waals surface area contributed by atoms with Gasteiger partial charge in [-0.3, -0.25) is 0 Å². The summed E-state index contributed by atoms with van der Waals surface area (Å²) in [5.41, 5.74) is 8.84. The second-order valence-corrected chi connectivity index (χ2v) is 6.74. The van der Waals surface area contributed by atoms with E-state index >= 15 is 0 Å². The van der Waals surface area contributed by atoms with Crippen LogP contribution in [0.2, 0.25) is 0 Å². The van der Waals surface area contributed by atoms with Crippen molar-refractivity contribution in [2.45, 2.75) is 20.8 Å². The molecule has 0 aliphatic rings. The minimum Gasteiger partial charge on any atom is -0.0876 e. The van der Waals surface area contributed by atoms with Crippen LogP contribution in [0.1, 0.15) is 29.2 Å². The summed E-state index contributed by atoms with van der Waals surface area (Å²) in [5, 5.41) is 0. The van der Waals surface area contributed by atoms with E-state index in [9.17, 15) is 0 Å². The quantitative estimate of drug-likeness (QED) is 0.415. The third-order valence-corrected chi connectivity index (χ3v) is 4.73. The van der Waals surface area contributed by atoms with E-state index in [-0.39, 0.29) is 0 Å². The highest BCUT2D eigenvalue weighted by atomic mass is 14.1. The molecule has 0 heteroatoms. The fourth-order valence-electron chi connectivity index (χ4n) is 3.17. The maximum absolute atomic E-state index is 2.28. The molecule has 0 aliphatic carbocycles. The Morgan fingerprint density at radius 2 is 1.44 bits per heavy atom. The van der Waals surface area contributed by atoms with E-state index in [2.05, 4.69) is 117 Å². The molecule has 0 N–H and O–H groups in total. The molecule has 0 amide bonds. The van der Waals surface area contributed by atoms with Crippen molar-refractivity contribution in [1.29, 1.82) is 0 Å². The predicted molar refractivity (Wildman–Crippen MR) is 120 cm³/mol. The van der Waals surface area contributed by atoms with E-state index in [4.69, 9.17) is 0 Å². The van der Waals surface area contributed by atoms with Gasteiger partial charge in [-0.25, -0.2) is 0 Å². The van der Waals surface area contributed by atoms with Gasteiger partial charge < -0.3 is 0 Å². The van der Waals surface area contributed by atoms with E-state index in [1.165, 1.54) is 39.0 Å². The van der Waals surface area contributed by atoms with Crippen LogP contribution in [-0.4, -0.2) is 0 Å². The molecule has 0 heterocycles. The summed E-state index contributed by atoms with van der Waals surface area (Å²) in [6, 6.07) is 25.8. The Hall–Kier alpha value is -3.12. The lowest BCUT2D eigenvalue weighted by atomic mass is 9.94. The molecular formula is C27H26. The highest BCUT2D eigenvalue weighted by Gasteiger charge is 2.05. The Morgan fingerprint density at radius 1 is 0.741 bits per heavy atom. The van der Waals surface area contributed by atoms with Crippen molar-refractivity contribution in [3.8, 4) is 11.1 Å². The third-order valence-electron chi connectivity index (χ3n) is 4.73. The van der Waals surface area contributed by atoms with Gasteiger partial charge in [0, 0.05) is 0 Å². The van der Waals surface area contributed by atoms with E-state index in [1.807, 2.05) is 6.92 Å². The fourth-order valence-corrected chi connectivity index (χ4v) is 3.17. The Bertz CT molecular complexity index is 986. The number of benzene rings is 3. The van der Waals surface area contributed by atoms with Crippen LogP contribution in [0, 0.1) is 13.8 Å². The molecule has 134 valence electrons. The van der Waals surface area contributed by atoms with Gasteiger partial charge in [0.15, 0.2) is 0 Å². The lowest BCUT2D eigenvalue weighted by Gasteiger charge is -2.10. The zero-order valence-electron chi connectivity index (χ0n) is 16.3. The van der Waals surface area contributed by atoms with E-state index < -0.39 is 0 Å². The standard InChI is InChI=1S/C27H26/c1-4-5-12-25(24-13-7-6-8-14-24)19-18-23-17-16-22(3)27(20-23)26-15-10-9-11-21(26)2/h4-20H,1-3H3/b5-4+,19-18-,25-12+. The van der Waals surface area contributed by atoms with Crippen molar-refractivity contribution in [2.75, 3.05) is 0 Å². The summed E-state index contributed by atoms with van der Waals surface area (Å²) in [6.07, 6.45) is 10.7. The average Bonchev–Trinajstić information content (AvgIpc) is 2.70. The Labute approximate surface area is 163 Å². The van der Waals surface area contributed by atoms with Gasteiger partial charge in [-0.1, -0.05) is 97.1 Å². The fraction of sp³-hybridized carbons (Fsp3) is 0.111. The molecule has 3 aromatic rings. The van der Waals surface area contributed by atoms with Crippen LogP contribution in [0.3, 0.4) is 0 Å². The van der Waals surface area contributed by atoms with Crippen molar-refractivity contribution in [1.82, 2.24) is 0 Å². The molecule has 0 saturated carbocycles. The van der Waals surface area contributed by atoms with Gasteiger partial charge in [0.1, 0.15) is 0 Å². The van der Waals surface area contributed by atoms with Gasteiger partial charge in [-0.15, -0.1) is 0 Å². The summed E-state index contributed by atoms with van der Waals surface area (Å²) in [4.78, 5) is 0. The highest BCUT2D eigenvalue weighted by Crippen LogP contribution is 2.28. The molecule has 0 bridgehead atoms. The topological polar surface area (TPSA) is 0 Å². The first-order chi connectivity index (χ1) is 13.2. The Morgan fingerprint density at radius 3 is 2.19 bits per heavy atom. The van der Waals surface area contributed by atoms with Crippen LogP contribution in [-0.2, 0) is 0 Å². The van der Waals surface area contributed by atoms with Gasteiger partial charge in [-0.2, -0.15) is 0 Å². The molecule has 0 unspecified atom stereocenters. The molecule has 0 radical (unpaired) electrons. The molecule has 27 heavy (non-hydrogen) atoms. The first kappa shape index (κ1) is 18.7. The van der Waals surface area contributed by atoms with Gasteiger partial charge in [0.05, 0.1) is 0 Å². The zero-order chi connectivity index (χ0) is 19.1. The maximum atomic E-state index is 2.28. The van der Waals surface area contributed by atoms with Crippen LogP contribution in [0.15, 0.2) is 97.1 Å². The van der Waals surface area contributed by atoms with Crippen molar-refractivity contribution in [3.63, 3.8) is 0 Å². The van der Waals surface area contributed by atoms with Gasteiger partial charge in [0.2, 0.25) is 0 Å².